The largest absolute Gasteiger partial charge is 1.00 e. The van der Waals surface area contributed by atoms with Gasteiger partial charge in [-0.15, -0.1) is 23.2 Å². The molecule has 0 saturated carbocycles. The maximum Gasteiger partial charge on any atom is 1.00 e. The van der Waals surface area contributed by atoms with E-state index >= 15 is 0 Å². The van der Waals surface area contributed by atoms with Crippen molar-refractivity contribution in [3.63, 3.8) is 0 Å². The van der Waals surface area contributed by atoms with Crippen LogP contribution >= 0.6 is 23.2 Å². The van der Waals surface area contributed by atoms with Gasteiger partial charge in [0.25, 0.3) is 10.1 Å². The Kier molecular flexibility index (Phi) is 51.2. The van der Waals surface area contributed by atoms with Gasteiger partial charge in [0.15, 0.2) is 0 Å². The maximum atomic E-state index is 12.5. The summed E-state index contributed by atoms with van der Waals surface area (Å²) in [6, 6.07) is 5.44. The van der Waals surface area contributed by atoms with Crippen LogP contribution in [0.1, 0.15) is 191 Å². The third-order valence-corrected chi connectivity index (χ3v) is 15.3. The molecule has 27 nitrogen and oxygen atoms in total. The van der Waals surface area contributed by atoms with Crippen molar-refractivity contribution in [2.75, 3.05) is 84.5 Å². The zero-order valence-corrected chi connectivity index (χ0v) is 63.8. The van der Waals surface area contributed by atoms with Crippen molar-refractivity contribution >= 4 is 57.7 Å². The van der Waals surface area contributed by atoms with E-state index in [9.17, 15) is 32.7 Å². The molecule has 4 amide bonds. The van der Waals surface area contributed by atoms with Crippen molar-refractivity contribution in [3.8, 4) is 0 Å². The summed E-state index contributed by atoms with van der Waals surface area (Å²) in [5, 5.41) is 24.3. The summed E-state index contributed by atoms with van der Waals surface area (Å²) in [5.74, 6) is 1.48. The number of alkyl halides is 2. The molecular weight excluding hydrogens is 1300 g/mol. The molecule has 0 radical (unpaired) electrons. The number of nitrogens with two attached hydrogens (primary N) is 1. The van der Waals surface area contributed by atoms with E-state index in [0.29, 0.717) is 50.5 Å². The van der Waals surface area contributed by atoms with Gasteiger partial charge in [0.2, 0.25) is 0 Å². The van der Waals surface area contributed by atoms with Crippen LogP contribution < -0.4 is 56.6 Å². The minimum atomic E-state index is -3.91. The predicted molar refractivity (Wildman–Crippen MR) is 365 cm³/mol. The van der Waals surface area contributed by atoms with Crippen LogP contribution in [0.4, 0.5) is 19.2 Å². The topological polar surface area (TPSA) is 387 Å². The Morgan fingerprint density at radius 1 is 0.568 bits per heavy atom. The Bertz CT molecular complexity index is 2340. The Labute approximate surface area is 599 Å². The van der Waals surface area contributed by atoms with Crippen molar-refractivity contribution in [3.05, 3.63) is 56.2 Å². The number of nitrogens with zero attached hydrogens (tertiary/aromatic N) is 6. The number of amides is 4. The summed E-state index contributed by atoms with van der Waals surface area (Å²) in [4.78, 5) is 51.8. The zero-order chi connectivity index (χ0) is 71.2. The van der Waals surface area contributed by atoms with Crippen LogP contribution in [0.3, 0.4) is 0 Å². The molecule has 5 rings (SSSR count). The molecule has 4 aliphatic rings. The van der Waals surface area contributed by atoms with Crippen LogP contribution in [0.15, 0.2) is 34.3 Å². The SMILES string of the molecule is CC(C)(C)OC(=O)N[C@H](CN)C[C@H]1CCCCOC1.CC(C)(C)OC(=O)N[C@H](CN=[N+]=[N-])C[C@H]1CCCCOC1.CC(C)(C)OC(=O)N[C@H](CO)C[C@H]1CCCCOC1.Cc1ccc(S(=O)(=O)OC[C@H](C[C@H]2CCCCOC2)NC(=O)OC(C)(C)C)cc1.ClCCl.[N-]=[N+]=[N-].[Na+]. The number of hydrogen-bond acceptors (Lipinski definition) is 18. The number of hydrogen-bond donors (Lipinski definition) is 6. The van der Waals surface area contributed by atoms with Gasteiger partial charge < -0.3 is 81.1 Å². The van der Waals surface area contributed by atoms with Crippen molar-refractivity contribution < 1.29 is 104 Å². The minimum absolute atomic E-state index is 0. The number of carbonyl (C=O) groups excluding carboxylic acids is 4. The Balaban J connectivity index is 0. The smallest absolute Gasteiger partial charge is 0.444 e. The summed E-state index contributed by atoms with van der Waals surface area (Å²) in [5.41, 5.74) is 26.5. The zero-order valence-electron chi connectivity index (χ0n) is 59.4. The number of azide groups is 1. The Morgan fingerprint density at radius 2 is 0.863 bits per heavy atom. The number of alkyl carbamates (subject to hydrolysis) is 4. The first kappa shape index (κ1) is 93.2. The number of aliphatic hydroxyl groups is 1. The average molecular weight is 1420 g/mol. The molecule has 4 aliphatic heterocycles. The summed E-state index contributed by atoms with van der Waals surface area (Å²) in [6.45, 7) is 30.1. The number of aryl methyl sites for hydroxylation is 1. The molecule has 4 saturated heterocycles. The van der Waals surface area contributed by atoms with E-state index in [0.717, 1.165) is 128 Å². The van der Waals surface area contributed by atoms with Crippen LogP contribution in [-0.2, 0) is 52.2 Å². The van der Waals surface area contributed by atoms with E-state index in [4.69, 9.17) is 87.6 Å². The van der Waals surface area contributed by atoms with Gasteiger partial charge in [0.1, 0.15) is 22.4 Å². The minimum Gasteiger partial charge on any atom is -0.444 e. The van der Waals surface area contributed by atoms with Gasteiger partial charge in [-0.3, -0.25) is 9.09 Å². The van der Waals surface area contributed by atoms with E-state index in [1.165, 1.54) is 23.5 Å². The molecule has 8 atom stereocenters. The van der Waals surface area contributed by atoms with Crippen LogP contribution in [0.5, 0.6) is 0 Å². The molecule has 544 valence electrons. The Hall–Kier alpha value is -3.83. The first-order valence-electron chi connectivity index (χ1n) is 32.8. The molecule has 7 N–H and O–H groups in total. The third-order valence-electron chi connectivity index (χ3n) is 14.0. The molecule has 95 heavy (non-hydrogen) atoms. The maximum absolute atomic E-state index is 12.5. The van der Waals surface area contributed by atoms with E-state index in [1.54, 1.807) is 32.9 Å². The molecule has 0 spiro atoms. The monoisotopic (exact) mass is 1420 g/mol. The second kappa shape index (κ2) is 52.2. The molecule has 1 aromatic carbocycles. The van der Waals surface area contributed by atoms with Gasteiger partial charge >= 0.3 is 53.9 Å². The van der Waals surface area contributed by atoms with Crippen molar-refractivity contribution in [2.45, 2.75) is 244 Å². The van der Waals surface area contributed by atoms with E-state index in [1.807, 2.05) is 69.2 Å². The van der Waals surface area contributed by atoms with Crippen molar-refractivity contribution in [2.24, 2.45) is 34.5 Å². The third kappa shape index (κ3) is 53.8. The summed E-state index contributed by atoms with van der Waals surface area (Å²) in [7, 11) is -3.91. The van der Waals surface area contributed by atoms with E-state index in [-0.39, 0.29) is 83.6 Å². The number of aliphatic hydroxyl groups excluding tert-OH is 1. The van der Waals surface area contributed by atoms with Crippen molar-refractivity contribution in [1.29, 1.82) is 0 Å². The summed E-state index contributed by atoms with van der Waals surface area (Å²) in [6.07, 6.45) is 14.1. The van der Waals surface area contributed by atoms with E-state index < -0.39 is 62.9 Å². The second-order valence-electron chi connectivity index (χ2n) is 27.6. The van der Waals surface area contributed by atoms with Gasteiger partial charge in [0.05, 0.1) is 35.5 Å². The fraction of sp³-hybridized carbons (Fsp3) is 0.844. The van der Waals surface area contributed by atoms with Gasteiger partial charge in [-0.25, -0.2) is 19.2 Å². The number of nitrogens with one attached hydrogen (secondary N) is 4. The van der Waals surface area contributed by atoms with Crippen LogP contribution in [0, 0.1) is 30.6 Å². The quantitative estimate of drug-likeness (QED) is 0.0134. The molecule has 4 fully saturated rings. The molecule has 31 heteroatoms. The number of benzene rings is 1. The standard InChI is InChI=1S/C21H33NO6S.C14H26N4O3.C14H28N2O3.C14H27NO4.CH2Cl2.N3.Na/c1-16-8-10-19(11-9-16)29(24,25)27-15-18(22-20(23)28-21(2,3)4)13-17-7-5-6-12-26-14-17;1-14(2,3)21-13(19)17-12(9-16-18-15)8-11-6-4-5-7-20-10-11;1-14(2,3)19-13(17)16-12(9-15)8-11-6-4-5-7-18-10-11;1-14(2,3)19-13(17)15-12(9-16)8-11-6-4-5-7-18-10-11;2-1-3;1-3-2;/h8-11,17-18H,5-7,12-15H2,1-4H3,(H,22,23);11-12H,4-10H2,1-3H3,(H,17,19);11-12H,4-10,15H2,1-3H3,(H,16,17);11-12,16H,4-10H2,1-3H3,(H,15,17);1H2;;/q;;;;;-1;+1/t17-,18+;3*11-,12+;;;/m1111.../s1. The van der Waals surface area contributed by atoms with Crippen LogP contribution in [-0.4, -0.2) is 169 Å². The summed E-state index contributed by atoms with van der Waals surface area (Å²) < 4.78 is 73.6. The normalized spacial score (nSPS) is 19.7. The molecule has 4 heterocycles. The fourth-order valence-corrected chi connectivity index (χ4v) is 10.9. The average Bonchev–Trinajstić information content (AvgIpc) is 1.29. The molecular formula is C64H116Cl2N11NaO16S. The molecule has 1 aromatic rings. The second-order valence-corrected chi connectivity index (χ2v) is 30.1. The fourth-order valence-electron chi connectivity index (χ4n) is 9.95. The Morgan fingerprint density at radius 3 is 1.18 bits per heavy atom. The molecule has 0 aromatic heterocycles. The predicted octanol–water partition coefficient (Wildman–Crippen LogP) is 10.6. The first-order valence-corrected chi connectivity index (χ1v) is 35.2. The van der Waals surface area contributed by atoms with Gasteiger partial charge in [-0.1, -0.05) is 48.5 Å². The number of halogens is 2. The van der Waals surface area contributed by atoms with Crippen LogP contribution in [0.25, 0.3) is 26.4 Å². The molecule has 0 bridgehead atoms. The van der Waals surface area contributed by atoms with Gasteiger partial charge in [-0.05, 0) is 208 Å². The molecule has 0 unspecified atom stereocenters. The van der Waals surface area contributed by atoms with Gasteiger partial charge in [-0.2, -0.15) is 8.42 Å². The first-order chi connectivity index (χ1) is 44.1. The molecule has 0 aliphatic carbocycles. The van der Waals surface area contributed by atoms with Crippen molar-refractivity contribution in [1.82, 2.24) is 21.3 Å². The number of carbonyl (C=O) groups is 4. The summed E-state index contributed by atoms with van der Waals surface area (Å²) >= 11 is 9.53. The van der Waals surface area contributed by atoms with Crippen LogP contribution in [0.2, 0.25) is 0 Å². The van der Waals surface area contributed by atoms with Gasteiger partial charge in [0, 0.05) is 82.9 Å². The number of rotatable bonds is 20. The number of ether oxygens (including phenoxy) is 8. The van der Waals surface area contributed by atoms with E-state index in [2.05, 4.69) is 31.3 Å².